The van der Waals surface area contributed by atoms with Crippen LogP contribution in [0.1, 0.15) is 39.3 Å². The number of nitrogens with zero attached hydrogens (tertiary/aromatic N) is 2. The van der Waals surface area contributed by atoms with E-state index in [1.54, 1.807) is 6.33 Å². The van der Waals surface area contributed by atoms with Crippen molar-refractivity contribution in [1.82, 2.24) is 9.97 Å². The normalized spacial score (nSPS) is 11.2. The number of rotatable bonds is 5. The molecular weight excluding hydrogens is 186 g/mol. The Balaban J connectivity index is 2.65. The monoisotopic (exact) mass is 205 g/mol. The van der Waals surface area contributed by atoms with Gasteiger partial charge in [0.1, 0.15) is 12.1 Å². The zero-order valence-corrected chi connectivity index (χ0v) is 9.70. The second kappa shape index (κ2) is 6.17. The van der Waals surface area contributed by atoms with Crippen LogP contribution in [0.4, 0.5) is 5.82 Å². The molecular formula is C12H19N3. The van der Waals surface area contributed by atoms with Crippen molar-refractivity contribution in [3.8, 4) is 0 Å². The zero-order valence-electron chi connectivity index (χ0n) is 9.70. The SMILES string of the molecule is CCCC=Cc1cc(NC(C)C)ncn1. The molecule has 0 unspecified atom stereocenters. The summed E-state index contributed by atoms with van der Waals surface area (Å²) in [6.07, 6.45) is 8.03. The first-order valence-corrected chi connectivity index (χ1v) is 5.47. The largest absolute Gasteiger partial charge is 0.368 e. The van der Waals surface area contributed by atoms with Gasteiger partial charge in [0.15, 0.2) is 0 Å². The minimum atomic E-state index is 0.396. The number of nitrogens with one attached hydrogen (secondary N) is 1. The summed E-state index contributed by atoms with van der Waals surface area (Å²) in [5, 5.41) is 3.25. The summed E-state index contributed by atoms with van der Waals surface area (Å²) in [7, 11) is 0. The molecule has 3 nitrogen and oxygen atoms in total. The van der Waals surface area contributed by atoms with E-state index in [1.807, 2.05) is 12.1 Å². The molecule has 0 saturated carbocycles. The van der Waals surface area contributed by atoms with Crippen molar-refractivity contribution in [2.24, 2.45) is 0 Å². The molecule has 0 saturated heterocycles. The first kappa shape index (κ1) is 11.7. The number of aromatic nitrogens is 2. The Morgan fingerprint density at radius 1 is 1.40 bits per heavy atom. The molecule has 0 bridgehead atoms. The van der Waals surface area contributed by atoms with Crippen LogP contribution in [0, 0.1) is 0 Å². The lowest BCUT2D eigenvalue weighted by atomic mass is 10.2. The van der Waals surface area contributed by atoms with Gasteiger partial charge in [-0.1, -0.05) is 19.4 Å². The van der Waals surface area contributed by atoms with Gasteiger partial charge >= 0.3 is 0 Å². The Bertz CT molecular complexity index is 318. The van der Waals surface area contributed by atoms with Crippen molar-refractivity contribution < 1.29 is 0 Å². The molecule has 0 radical (unpaired) electrons. The van der Waals surface area contributed by atoms with Gasteiger partial charge in [-0.3, -0.25) is 0 Å². The molecule has 1 N–H and O–H groups in total. The minimum absolute atomic E-state index is 0.396. The van der Waals surface area contributed by atoms with Crippen molar-refractivity contribution in [3.05, 3.63) is 24.2 Å². The van der Waals surface area contributed by atoms with Crippen LogP contribution < -0.4 is 5.32 Å². The maximum atomic E-state index is 4.18. The molecule has 1 rings (SSSR count). The number of anilines is 1. The first-order valence-electron chi connectivity index (χ1n) is 5.47. The highest BCUT2D eigenvalue weighted by Crippen LogP contribution is 2.07. The van der Waals surface area contributed by atoms with Gasteiger partial charge in [-0.05, 0) is 26.3 Å². The Kier molecular flexibility index (Phi) is 4.81. The van der Waals surface area contributed by atoms with Crippen LogP contribution in [0.25, 0.3) is 6.08 Å². The third-order valence-electron chi connectivity index (χ3n) is 1.87. The van der Waals surface area contributed by atoms with E-state index >= 15 is 0 Å². The van der Waals surface area contributed by atoms with Gasteiger partial charge in [-0.25, -0.2) is 9.97 Å². The molecule has 15 heavy (non-hydrogen) atoms. The van der Waals surface area contributed by atoms with Gasteiger partial charge in [0, 0.05) is 12.1 Å². The highest BCUT2D eigenvalue weighted by atomic mass is 15.0. The Hall–Kier alpha value is -1.38. The molecule has 0 atom stereocenters. The van der Waals surface area contributed by atoms with Crippen LogP contribution in [-0.2, 0) is 0 Å². The third kappa shape index (κ3) is 4.58. The van der Waals surface area contributed by atoms with E-state index in [4.69, 9.17) is 0 Å². The van der Waals surface area contributed by atoms with E-state index in [1.165, 1.54) is 6.42 Å². The van der Waals surface area contributed by atoms with E-state index in [0.29, 0.717) is 6.04 Å². The summed E-state index contributed by atoms with van der Waals surface area (Å²) in [4.78, 5) is 8.33. The van der Waals surface area contributed by atoms with Crippen molar-refractivity contribution in [2.45, 2.75) is 39.7 Å². The number of hydrogen-bond donors (Lipinski definition) is 1. The molecule has 0 aliphatic carbocycles. The van der Waals surface area contributed by atoms with Crippen LogP contribution in [0.5, 0.6) is 0 Å². The molecule has 0 aliphatic heterocycles. The number of unbranched alkanes of at least 4 members (excludes halogenated alkanes) is 1. The maximum absolute atomic E-state index is 4.18. The molecule has 0 spiro atoms. The number of hydrogen-bond acceptors (Lipinski definition) is 3. The zero-order chi connectivity index (χ0) is 11.1. The van der Waals surface area contributed by atoms with Crippen molar-refractivity contribution in [3.63, 3.8) is 0 Å². The summed E-state index contributed by atoms with van der Waals surface area (Å²) in [5.74, 6) is 0.885. The third-order valence-corrected chi connectivity index (χ3v) is 1.87. The molecule has 1 aromatic rings. The van der Waals surface area contributed by atoms with Crippen molar-refractivity contribution in [1.29, 1.82) is 0 Å². The van der Waals surface area contributed by atoms with Crippen LogP contribution in [0.2, 0.25) is 0 Å². The molecule has 1 heterocycles. The van der Waals surface area contributed by atoms with Crippen LogP contribution in [0.3, 0.4) is 0 Å². The average molecular weight is 205 g/mol. The first-order chi connectivity index (χ1) is 7.22. The van der Waals surface area contributed by atoms with Crippen molar-refractivity contribution in [2.75, 3.05) is 5.32 Å². The van der Waals surface area contributed by atoms with Crippen LogP contribution in [-0.4, -0.2) is 16.0 Å². The molecule has 1 aromatic heterocycles. The summed E-state index contributed by atoms with van der Waals surface area (Å²) < 4.78 is 0. The van der Waals surface area contributed by atoms with Gasteiger partial charge < -0.3 is 5.32 Å². The summed E-state index contributed by atoms with van der Waals surface area (Å²) in [6, 6.07) is 2.36. The fourth-order valence-corrected chi connectivity index (χ4v) is 1.21. The van der Waals surface area contributed by atoms with E-state index in [9.17, 15) is 0 Å². The highest BCUT2D eigenvalue weighted by Gasteiger charge is 1.97. The average Bonchev–Trinajstić information content (AvgIpc) is 2.18. The molecule has 0 amide bonds. The van der Waals surface area contributed by atoms with Crippen molar-refractivity contribution >= 4 is 11.9 Å². The predicted octanol–water partition coefficient (Wildman–Crippen LogP) is 3.11. The Labute approximate surface area is 91.7 Å². The van der Waals surface area contributed by atoms with Gasteiger partial charge in [-0.15, -0.1) is 0 Å². The topological polar surface area (TPSA) is 37.8 Å². The smallest absolute Gasteiger partial charge is 0.130 e. The standard InChI is InChI=1S/C12H19N3/c1-4-5-6-7-11-8-12(14-9-13-11)15-10(2)3/h6-10H,4-5H2,1-3H3,(H,13,14,15). The lowest BCUT2D eigenvalue weighted by Gasteiger charge is -2.08. The summed E-state index contributed by atoms with van der Waals surface area (Å²) in [6.45, 7) is 6.35. The molecule has 0 fully saturated rings. The fraction of sp³-hybridized carbons (Fsp3) is 0.500. The maximum Gasteiger partial charge on any atom is 0.130 e. The summed E-state index contributed by atoms with van der Waals surface area (Å²) in [5.41, 5.74) is 0.960. The molecule has 0 aliphatic rings. The minimum Gasteiger partial charge on any atom is -0.368 e. The number of allylic oxidation sites excluding steroid dienone is 1. The second-order valence-corrected chi connectivity index (χ2v) is 3.82. The molecule has 82 valence electrons. The van der Waals surface area contributed by atoms with E-state index in [0.717, 1.165) is 17.9 Å². The van der Waals surface area contributed by atoms with Gasteiger partial charge in [0.2, 0.25) is 0 Å². The molecule has 0 aromatic carbocycles. The lowest BCUT2D eigenvalue weighted by molar-refractivity contribution is 0.885. The quantitative estimate of drug-likeness (QED) is 0.802. The molecule has 3 heteroatoms. The van der Waals surface area contributed by atoms with E-state index < -0.39 is 0 Å². The Morgan fingerprint density at radius 2 is 2.20 bits per heavy atom. The fourth-order valence-electron chi connectivity index (χ4n) is 1.21. The van der Waals surface area contributed by atoms with Crippen LogP contribution >= 0.6 is 0 Å². The van der Waals surface area contributed by atoms with Gasteiger partial charge in [0.05, 0.1) is 5.69 Å². The lowest BCUT2D eigenvalue weighted by Crippen LogP contribution is -2.11. The van der Waals surface area contributed by atoms with E-state index in [-0.39, 0.29) is 0 Å². The predicted molar refractivity (Wildman–Crippen MR) is 64.7 cm³/mol. The summed E-state index contributed by atoms with van der Waals surface area (Å²) >= 11 is 0. The van der Waals surface area contributed by atoms with Crippen LogP contribution in [0.15, 0.2) is 18.5 Å². The van der Waals surface area contributed by atoms with E-state index in [2.05, 4.69) is 42.1 Å². The second-order valence-electron chi connectivity index (χ2n) is 3.82. The van der Waals surface area contributed by atoms with Gasteiger partial charge in [0.25, 0.3) is 0 Å². The highest BCUT2D eigenvalue weighted by molar-refractivity contribution is 5.49. The van der Waals surface area contributed by atoms with Gasteiger partial charge in [-0.2, -0.15) is 0 Å². The Morgan fingerprint density at radius 3 is 2.87 bits per heavy atom.